The molecular weight excluding hydrogens is 126 g/mol. The van der Waals surface area contributed by atoms with Crippen molar-refractivity contribution < 1.29 is 0 Å². The molecule has 0 bridgehead atoms. The maximum atomic E-state index is 8.21. The lowest BCUT2D eigenvalue weighted by Crippen LogP contribution is -1.90. The van der Waals surface area contributed by atoms with Crippen LogP contribution in [0.25, 0.3) is 4.98 Å². The highest BCUT2D eigenvalue weighted by molar-refractivity contribution is 5.46. The molecule has 0 aliphatic rings. The number of benzene rings is 1. The SMILES string of the molecule is N#[N+]Cc1ccccc1N. The second-order valence-corrected chi connectivity index (χ2v) is 2.00. The lowest BCUT2D eigenvalue weighted by atomic mass is 10.2. The van der Waals surface area contributed by atoms with E-state index in [0.717, 1.165) is 5.56 Å². The highest BCUT2D eigenvalue weighted by Gasteiger charge is 2.02. The molecule has 0 spiro atoms. The van der Waals surface area contributed by atoms with Crippen LogP contribution < -0.4 is 5.73 Å². The Balaban J connectivity index is 2.94. The molecule has 0 unspecified atom stereocenters. The summed E-state index contributed by atoms with van der Waals surface area (Å²) in [7, 11) is 0. The number of nitrogens with two attached hydrogens (primary N) is 1. The molecule has 0 aromatic heterocycles. The van der Waals surface area contributed by atoms with Crippen molar-refractivity contribution in [3.8, 4) is 0 Å². The number of hydrogen-bond acceptors (Lipinski definition) is 2. The van der Waals surface area contributed by atoms with E-state index < -0.39 is 0 Å². The summed E-state index contributed by atoms with van der Waals surface area (Å²) in [5.41, 5.74) is 7.05. The first-order valence-electron chi connectivity index (χ1n) is 2.99. The quantitative estimate of drug-likeness (QED) is 0.468. The van der Waals surface area contributed by atoms with Gasteiger partial charge in [0.15, 0.2) is 0 Å². The van der Waals surface area contributed by atoms with Gasteiger partial charge < -0.3 is 5.73 Å². The summed E-state index contributed by atoms with van der Waals surface area (Å²) >= 11 is 0. The number of nitrogen functional groups attached to an aromatic ring is 1. The van der Waals surface area contributed by atoms with Crippen LogP contribution in [0.4, 0.5) is 5.69 Å². The second kappa shape index (κ2) is 2.83. The average Bonchev–Trinajstić information content (AvgIpc) is 1.94. The summed E-state index contributed by atoms with van der Waals surface area (Å²) in [5.74, 6) is 0. The van der Waals surface area contributed by atoms with Crippen LogP contribution in [0.3, 0.4) is 0 Å². The van der Waals surface area contributed by atoms with Gasteiger partial charge in [-0.2, -0.15) is 0 Å². The van der Waals surface area contributed by atoms with Gasteiger partial charge >= 0.3 is 6.54 Å². The van der Waals surface area contributed by atoms with Crippen molar-refractivity contribution in [1.82, 2.24) is 0 Å². The van der Waals surface area contributed by atoms with Crippen LogP contribution >= 0.6 is 0 Å². The van der Waals surface area contributed by atoms with Crippen molar-refractivity contribution in [3.05, 3.63) is 34.8 Å². The number of nitrogens with zero attached hydrogens (tertiary/aromatic N) is 2. The van der Waals surface area contributed by atoms with Crippen LogP contribution in [0.15, 0.2) is 24.3 Å². The molecule has 50 valence electrons. The monoisotopic (exact) mass is 134 g/mol. The van der Waals surface area contributed by atoms with Gasteiger partial charge in [-0.15, -0.1) is 0 Å². The maximum Gasteiger partial charge on any atom is 0.332 e. The van der Waals surface area contributed by atoms with Gasteiger partial charge in [-0.25, -0.2) is 0 Å². The molecule has 0 amide bonds. The van der Waals surface area contributed by atoms with E-state index >= 15 is 0 Å². The fourth-order valence-electron chi connectivity index (χ4n) is 0.754. The number of hydrogen-bond donors (Lipinski definition) is 1. The average molecular weight is 134 g/mol. The highest BCUT2D eigenvalue weighted by Crippen LogP contribution is 2.10. The predicted molar refractivity (Wildman–Crippen MR) is 39.6 cm³/mol. The summed E-state index contributed by atoms with van der Waals surface area (Å²) in [6.45, 7) is 0.271. The van der Waals surface area contributed by atoms with Gasteiger partial charge in [-0.3, -0.25) is 0 Å². The summed E-state index contributed by atoms with van der Waals surface area (Å²) < 4.78 is 0. The number of diazo groups is 1. The van der Waals surface area contributed by atoms with Crippen LogP contribution in [0, 0.1) is 5.39 Å². The van der Waals surface area contributed by atoms with Crippen LogP contribution in [0.5, 0.6) is 0 Å². The third-order valence-corrected chi connectivity index (χ3v) is 1.30. The number of anilines is 1. The van der Waals surface area contributed by atoms with Gasteiger partial charge in [0, 0.05) is 5.69 Å². The molecule has 1 rings (SSSR count). The first-order valence-corrected chi connectivity index (χ1v) is 2.99. The summed E-state index contributed by atoms with van der Waals surface area (Å²) in [5, 5.41) is 8.21. The van der Waals surface area contributed by atoms with Crippen LogP contribution in [-0.2, 0) is 6.54 Å². The van der Waals surface area contributed by atoms with Gasteiger partial charge in [0.05, 0.1) is 5.56 Å². The minimum atomic E-state index is 0.271. The molecule has 0 fully saturated rings. The van der Waals surface area contributed by atoms with Crippen molar-refractivity contribution in [3.63, 3.8) is 0 Å². The lowest BCUT2D eigenvalue weighted by molar-refractivity contribution is 1.20. The molecule has 10 heavy (non-hydrogen) atoms. The van der Waals surface area contributed by atoms with Crippen molar-refractivity contribution in [2.24, 2.45) is 0 Å². The third kappa shape index (κ3) is 1.23. The first-order chi connectivity index (χ1) is 4.84. The first kappa shape index (κ1) is 6.56. The van der Waals surface area contributed by atoms with Crippen molar-refractivity contribution in [1.29, 1.82) is 5.39 Å². The van der Waals surface area contributed by atoms with E-state index in [4.69, 9.17) is 11.1 Å². The Hall–Kier alpha value is -1.56. The summed E-state index contributed by atoms with van der Waals surface area (Å²) in [4.78, 5) is 2.99. The van der Waals surface area contributed by atoms with Crippen LogP contribution in [-0.4, -0.2) is 0 Å². The second-order valence-electron chi connectivity index (χ2n) is 2.00. The van der Waals surface area contributed by atoms with E-state index in [1.165, 1.54) is 0 Å². The Bertz CT molecular complexity index is 262. The van der Waals surface area contributed by atoms with Crippen LogP contribution in [0.2, 0.25) is 0 Å². The van der Waals surface area contributed by atoms with Gasteiger partial charge in [-0.05, 0) is 12.1 Å². The zero-order valence-corrected chi connectivity index (χ0v) is 5.49. The molecule has 0 aliphatic carbocycles. The third-order valence-electron chi connectivity index (χ3n) is 1.30. The van der Waals surface area contributed by atoms with Crippen molar-refractivity contribution in [2.75, 3.05) is 5.73 Å². The standard InChI is InChI=1S/C7H8N3/c8-7-4-2-1-3-6(7)5-10-9/h1-4H,5,8H2/q+1. The molecule has 0 saturated carbocycles. The van der Waals surface area contributed by atoms with Crippen molar-refractivity contribution >= 4 is 5.69 Å². The normalized spacial score (nSPS) is 8.70. The molecular formula is C7H8N3+. The minimum absolute atomic E-state index is 0.271. The Kier molecular flexibility index (Phi) is 1.86. The van der Waals surface area contributed by atoms with Gasteiger partial charge in [0.1, 0.15) is 4.98 Å². The lowest BCUT2D eigenvalue weighted by Gasteiger charge is -1.92. The molecule has 0 heterocycles. The van der Waals surface area contributed by atoms with E-state index in [1.807, 2.05) is 18.2 Å². The van der Waals surface area contributed by atoms with Gasteiger partial charge in [-0.1, -0.05) is 12.1 Å². The van der Waals surface area contributed by atoms with Crippen LogP contribution in [0.1, 0.15) is 5.56 Å². The molecule has 3 nitrogen and oxygen atoms in total. The van der Waals surface area contributed by atoms with E-state index in [-0.39, 0.29) is 6.54 Å². The molecule has 0 aliphatic heterocycles. The van der Waals surface area contributed by atoms with Gasteiger partial charge in [0.25, 0.3) is 0 Å². The Morgan fingerprint density at radius 1 is 1.40 bits per heavy atom. The molecule has 0 saturated heterocycles. The van der Waals surface area contributed by atoms with E-state index in [9.17, 15) is 0 Å². The number of para-hydroxylation sites is 1. The fourth-order valence-corrected chi connectivity index (χ4v) is 0.754. The highest BCUT2D eigenvalue weighted by atomic mass is 14.8. The van der Waals surface area contributed by atoms with E-state index in [1.54, 1.807) is 6.07 Å². The summed E-state index contributed by atoms with van der Waals surface area (Å²) in [6, 6.07) is 7.31. The molecule has 1 aromatic carbocycles. The Morgan fingerprint density at radius 3 is 2.70 bits per heavy atom. The fraction of sp³-hybridized carbons (Fsp3) is 0.143. The molecule has 2 N–H and O–H groups in total. The largest absolute Gasteiger partial charge is 0.398 e. The maximum absolute atomic E-state index is 8.21. The van der Waals surface area contributed by atoms with E-state index in [2.05, 4.69) is 4.98 Å². The topological polar surface area (TPSA) is 54.2 Å². The number of rotatable bonds is 1. The Morgan fingerprint density at radius 2 is 2.10 bits per heavy atom. The smallest absolute Gasteiger partial charge is 0.332 e. The van der Waals surface area contributed by atoms with Crippen molar-refractivity contribution in [2.45, 2.75) is 6.54 Å². The predicted octanol–water partition coefficient (Wildman–Crippen LogP) is 1.62. The minimum Gasteiger partial charge on any atom is -0.398 e. The molecule has 0 atom stereocenters. The molecule has 1 aromatic rings. The molecule has 0 radical (unpaired) electrons. The zero-order chi connectivity index (χ0) is 7.40. The summed E-state index contributed by atoms with van der Waals surface area (Å²) in [6.07, 6.45) is 0. The zero-order valence-electron chi connectivity index (χ0n) is 5.49. The van der Waals surface area contributed by atoms with Gasteiger partial charge in [0.2, 0.25) is 5.39 Å². The Labute approximate surface area is 59.1 Å². The van der Waals surface area contributed by atoms with E-state index in [0.29, 0.717) is 5.69 Å². The molecule has 3 heteroatoms.